The van der Waals surface area contributed by atoms with Crippen LogP contribution in [0.15, 0.2) is 127 Å². The highest BCUT2D eigenvalue weighted by Gasteiger charge is 2.19. The molecule has 0 fully saturated rings. The molecule has 0 radical (unpaired) electrons. The molecule has 2 nitrogen and oxygen atoms in total. The number of fused-ring (bicyclic) bond motifs is 3. The molecule has 1 heterocycles. The molecule has 7 aromatic rings. The predicted molar refractivity (Wildman–Crippen MR) is 152 cm³/mol. The second-order valence-electron chi connectivity index (χ2n) is 9.24. The van der Waals surface area contributed by atoms with E-state index in [1.54, 1.807) is 0 Å². The molecular weight excluding hydrogens is 436 g/mol. The minimum Gasteiger partial charge on any atom is -0.295 e. The number of rotatable bonds is 3. The summed E-state index contributed by atoms with van der Waals surface area (Å²) in [5.41, 5.74) is 8.28. The van der Waals surface area contributed by atoms with Crippen LogP contribution in [0.4, 0.5) is 0 Å². The van der Waals surface area contributed by atoms with Crippen LogP contribution in [-0.2, 0) is 0 Å². The van der Waals surface area contributed by atoms with Crippen molar-refractivity contribution in [2.24, 2.45) is 0 Å². The molecule has 170 valence electrons. The molecule has 0 atom stereocenters. The molecule has 0 N–H and O–H groups in total. The summed E-state index contributed by atoms with van der Waals surface area (Å²) in [5, 5.41) is 4.94. The predicted octanol–water partition coefficient (Wildman–Crippen LogP) is 8.97. The number of aromatic nitrogens is 2. The molecule has 0 saturated heterocycles. The SMILES string of the molecule is Cc1nc2ccccc2n1-c1c2ccccc2c(-c2cccc(-c3ccccc3)c2)c2ccccc12. The molecular formula is C34H24N2. The molecule has 0 aliphatic rings. The Morgan fingerprint density at radius 1 is 0.500 bits per heavy atom. The fourth-order valence-electron chi connectivity index (χ4n) is 5.57. The smallest absolute Gasteiger partial charge is 0.111 e. The molecule has 0 bridgehead atoms. The maximum atomic E-state index is 4.89. The van der Waals surface area contributed by atoms with Crippen molar-refractivity contribution in [2.45, 2.75) is 6.92 Å². The van der Waals surface area contributed by atoms with E-state index in [9.17, 15) is 0 Å². The van der Waals surface area contributed by atoms with Gasteiger partial charge in [-0.15, -0.1) is 0 Å². The zero-order chi connectivity index (χ0) is 24.1. The van der Waals surface area contributed by atoms with Crippen molar-refractivity contribution in [3.63, 3.8) is 0 Å². The van der Waals surface area contributed by atoms with Gasteiger partial charge in [-0.3, -0.25) is 4.57 Å². The largest absolute Gasteiger partial charge is 0.295 e. The standard InChI is InChI=1S/C34H24N2/c1-23-35-31-20-9-10-21-32(31)36(23)34-29-18-7-5-16-27(29)33(28-17-6-8-19-30(28)34)26-15-11-14-25(22-26)24-12-3-2-4-13-24/h2-22H,1H3. The van der Waals surface area contributed by atoms with E-state index in [-0.39, 0.29) is 0 Å². The van der Waals surface area contributed by atoms with Gasteiger partial charge in [0.25, 0.3) is 0 Å². The van der Waals surface area contributed by atoms with Crippen molar-refractivity contribution >= 4 is 32.6 Å². The minimum atomic E-state index is 0.991. The van der Waals surface area contributed by atoms with Crippen molar-refractivity contribution in [3.05, 3.63) is 133 Å². The summed E-state index contributed by atoms with van der Waals surface area (Å²) >= 11 is 0. The van der Waals surface area contributed by atoms with Crippen LogP contribution in [0.25, 0.3) is 60.5 Å². The van der Waals surface area contributed by atoms with Gasteiger partial charge in [0.15, 0.2) is 0 Å². The zero-order valence-electron chi connectivity index (χ0n) is 20.0. The highest BCUT2D eigenvalue weighted by atomic mass is 15.1. The summed E-state index contributed by atoms with van der Waals surface area (Å²) in [7, 11) is 0. The van der Waals surface area contributed by atoms with Crippen LogP contribution in [0.2, 0.25) is 0 Å². The Balaban J connectivity index is 1.60. The summed E-state index contributed by atoms with van der Waals surface area (Å²) < 4.78 is 2.32. The molecule has 0 aliphatic carbocycles. The maximum Gasteiger partial charge on any atom is 0.111 e. The first kappa shape index (κ1) is 20.7. The van der Waals surface area contributed by atoms with Crippen LogP contribution in [0, 0.1) is 6.92 Å². The second kappa shape index (κ2) is 8.21. The van der Waals surface area contributed by atoms with Crippen molar-refractivity contribution < 1.29 is 0 Å². The molecule has 0 saturated carbocycles. The zero-order valence-corrected chi connectivity index (χ0v) is 20.0. The summed E-state index contributed by atoms with van der Waals surface area (Å²) in [6.45, 7) is 2.10. The minimum absolute atomic E-state index is 0.991. The van der Waals surface area contributed by atoms with E-state index in [2.05, 4.69) is 139 Å². The number of benzene rings is 6. The number of para-hydroxylation sites is 2. The van der Waals surface area contributed by atoms with Crippen LogP contribution in [0.5, 0.6) is 0 Å². The summed E-state index contributed by atoms with van der Waals surface area (Å²) in [4.78, 5) is 4.89. The Labute approximate surface area is 210 Å². The van der Waals surface area contributed by atoms with E-state index in [4.69, 9.17) is 4.98 Å². The Bertz CT molecular complexity index is 1840. The third-order valence-electron chi connectivity index (χ3n) is 7.11. The lowest BCUT2D eigenvalue weighted by Gasteiger charge is -2.19. The Kier molecular flexibility index (Phi) is 4.71. The lowest BCUT2D eigenvalue weighted by molar-refractivity contribution is 1.02. The summed E-state index contributed by atoms with van der Waals surface area (Å²) in [6.07, 6.45) is 0. The molecule has 0 aliphatic heterocycles. The first-order valence-electron chi connectivity index (χ1n) is 12.3. The topological polar surface area (TPSA) is 17.8 Å². The monoisotopic (exact) mass is 460 g/mol. The maximum absolute atomic E-state index is 4.89. The average Bonchev–Trinajstić information content (AvgIpc) is 3.27. The number of aryl methyl sites for hydroxylation is 1. The number of nitrogens with zero attached hydrogens (tertiary/aromatic N) is 2. The summed E-state index contributed by atoms with van der Waals surface area (Å²) in [5.74, 6) is 0.991. The van der Waals surface area contributed by atoms with Gasteiger partial charge in [-0.2, -0.15) is 0 Å². The molecule has 0 spiro atoms. The molecule has 36 heavy (non-hydrogen) atoms. The van der Waals surface area contributed by atoms with Gasteiger partial charge in [-0.25, -0.2) is 4.98 Å². The fraction of sp³-hybridized carbons (Fsp3) is 0.0294. The highest BCUT2D eigenvalue weighted by molar-refractivity contribution is 6.18. The number of hydrogen-bond donors (Lipinski definition) is 0. The van der Waals surface area contributed by atoms with E-state index in [1.165, 1.54) is 49.5 Å². The van der Waals surface area contributed by atoms with Crippen LogP contribution in [0.3, 0.4) is 0 Å². The van der Waals surface area contributed by atoms with E-state index >= 15 is 0 Å². The van der Waals surface area contributed by atoms with E-state index in [0.717, 1.165) is 16.9 Å². The van der Waals surface area contributed by atoms with Gasteiger partial charge in [0, 0.05) is 10.8 Å². The van der Waals surface area contributed by atoms with Crippen LogP contribution < -0.4 is 0 Å². The number of hydrogen-bond acceptors (Lipinski definition) is 1. The normalized spacial score (nSPS) is 11.5. The molecule has 2 heteroatoms. The van der Waals surface area contributed by atoms with Crippen LogP contribution in [-0.4, -0.2) is 9.55 Å². The van der Waals surface area contributed by atoms with Gasteiger partial charge in [0.2, 0.25) is 0 Å². The lowest BCUT2D eigenvalue weighted by Crippen LogP contribution is -2.01. The average molecular weight is 461 g/mol. The first-order chi connectivity index (χ1) is 17.8. The second-order valence-corrected chi connectivity index (χ2v) is 9.24. The van der Waals surface area contributed by atoms with Gasteiger partial charge in [0.05, 0.1) is 16.7 Å². The quantitative estimate of drug-likeness (QED) is 0.241. The molecule has 0 unspecified atom stereocenters. The van der Waals surface area contributed by atoms with Crippen molar-refractivity contribution in [1.29, 1.82) is 0 Å². The molecule has 6 aromatic carbocycles. The van der Waals surface area contributed by atoms with E-state index < -0.39 is 0 Å². The van der Waals surface area contributed by atoms with Gasteiger partial charge in [-0.1, -0.05) is 109 Å². The van der Waals surface area contributed by atoms with Crippen LogP contribution >= 0.6 is 0 Å². The Morgan fingerprint density at radius 2 is 1.06 bits per heavy atom. The number of imidazole rings is 1. The fourth-order valence-corrected chi connectivity index (χ4v) is 5.57. The first-order valence-corrected chi connectivity index (χ1v) is 12.3. The van der Waals surface area contributed by atoms with Gasteiger partial charge >= 0.3 is 0 Å². The van der Waals surface area contributed by atoms with E-state index in [1.807, 2.05) is 0 Å². The third kappa shape index (κ3) is 3.15. The molecule has 0 amide bonds. The van der Waals surface area contributed by atoms with Gasteiger partial charge in [0.1, 0.15) is 5.82 Å². The van der Waals surface area contributed by atoms with Gasteiger partial charge in [-0.05, 0) is 58.1 Å². The lowest BCUT2D eigenvalue weighted by atomic mass is 9.89. The van der Waals surface area contributed by atoms with E-state index in [0.29, 0.717) is 0 Å². The Morgan fingerprint density at radius 3 is 1.78 bits per heavy atom. The van der Waals surface area contributed by atoms with Crippen molar-refractivity contribution in [2.75, 3.05) is 0 Å². The highest BCUT2D eigenvalue weighted by Crippen LogP contribution is 2.42. The van der Waals surface area contributed by atoms with Crippen molar-refractivity contribution in [1.82, 2.24) is 9.55 Å². The summed E-state index contributed by atoms with van der Waals surface area (Å²) in [6, 6.07) is 45.5. The molecule has 1 aromatic heterocycles. The third-order valence-corrected chi connectivity index (χ3v) is 7.11. The van der Waals surface area contributed by atoms with Crippen molar-refractivity contribution in [3.8, 4) is 27.9 Å². The van der Waals surface area contributed by atoms with Gasteiger partial charge < -0.3 is 0 Å². The Hall–Kier alpha value is -4.69. The van der Waals surface area contributed by atoms with Crippen LogP contribution in [0.1, 0.15) is 5.82 Å². The molecule has 7 rings (SSSR count).